The van der Waals surface area contributed by atoms with Gasteiger partial charge in [-0.25, -0.2) is 4.99 Å². The third kappa shape index (κ3) is 7.67. The Morgan fingerprint density at radius 1 is 1.19 bits per heavy atom. The number of nitrogens with zero attached hydrogens (tertiary/aromatic N) is 3. The SMILES string of the molecule is CCNC(=NCc1cccc(OCCN2CCOCC2)c1)N1CCC(C(=O)OCC)CC1. The lowest BCUT2D eigenvalue weighted by Crippen LogP contribution is -2.46. The molecule has 0 saturated carbocycles. The van der Waals surface area contributed by atoms with Gasteiger partial charge in [0.05, 0.1) is 32.3 Å². The number of esters is 1. The zero-order chi connectivity index (χ0) is 22.6. The highest BCUT2D eigenvalue weighted by Crippen LogP contribution is 2.19. The smallest absolute Gasteiger partial charge is 0.309 e. The molecule has 2 aliphatic rings. The maximum atomic E-state index is 12.0. The van der Waals surface area contributed by atoms with Crippen molar-refractivity contribution in [2.24, 2.45) is 10.9 Å². The zero-order valence-corrected chi connectivity index (χ0v) is 19.6. The number of morpholine rings is 1. The number of likely N-dealkylation sites (tertiary alicyclic amines) is 1. The Morgan fingerprint density at radius 3 is 2.69 bits per heavy atom. The fraction of sp³-hybridized carbons (Fsp3) is 0.667. The molecule has 32 heavy (non-hydrogen) atoms. The van der Waals surface area contributed by atoms with Crippen molar-refractivity contribution in [3.8, 4) is 5.75 Å². The Balaban J connectivity index is 1.50. The van der Waals surface area contributed by atoms with Gasteiger partial charge in [-0.15, -0.1) is 0 Å². The topological polar surface area (TPSA) is 75.6 Å². The van der Waals surface area contributed by atoms with Gasteiger partial charge in [0.1, 0.15) is 12.4 Å². The third-order valence-electron chi connectivity index (χ3n) is 5.84. The molecule has 1 aromatic rings. The Morgan fingerprint density at radius 2 is 1.97 bits per heavy atom. The van der Waals surface area contributed by atoms with Crippen LogP contribution in [0.15, 0.2) is 29.3 Å². The molecular formula is C24H38N4O4. The van der Waals surface area contributed by atoms with Crippen molar-refractivity contribution in [2.75, 3.05) is 65.7 Å². The molecule has 1 aromatic carbocycles. The second-order valence-electron chi connectivity index (χ2n) is 8.13. The van der Waals surface area contributed by atoms with Gasteiger partial charge in [0.15, 0.2) is 5.96 Å². The van der Waals surface area contributed by atoms with E-state index in [0.717, 1.165) is 82.6 Å². The molecule has 0 aromatic heterocycles. The molecule has 178 valence electrons. The van der Waals surface area contributed by atoms with Crippen molar-refractivity contribution in [1.82, 2.24) is 15.1 Å². The number of guanidine groups is 1. The fourth-order valence-corrected chi connectivity index (χ4v) is 4.03. The molecule has 0 radical (unpaired) electrons. The van der Waals surface area contributed by atoms with Crippen molar-refractivity contribution in [3.05, 3.63) is 29.8 Å². The van der Waals surface area contributed by atoms with Crippen molar-refractivity contribution >= 4 is 11.9 Å². The van der Waals surface area contributed by atoms with Gasteiger partial charge in [-0.05, 0) is 44.4 Å². The lowest BCUT2D eigenvalue weighted by atomic mass is 9.97. The highest BCUT2D eigenvalue weighted by atomic mass is 16.5. The van der Waals surface area contributed by atoms with E-state index in [9.17, 15) is 4.79 Å². The third-order valence-corrected chi connectivity index (χ3v) is 5.84. The number of aliphatic imine (C=N–C) groups is 1. The van der Waals surface area contributed by atoms with E-state index in [4.69, 9.17) is 19.2 Å². The van der Waals surface area contributed by atoms with Crippen LogP contribution in [-0.4, -0.2) is 87.4 Å². The first-order valence-electron chi connectivity index (χ1n) is 11.9. The van der Waals surface area contributed by atoms with E-state index in [1.54, 1.807) is 0 Å². The van der Waals surface area contributed by atoms with E-state index in [1.165, 1.54) is 0 Å². The maximum absolute atomic E-state index is 12.0. The lowest BCUT2D eigenvalue weighted by Gasteiger charge is -2.33. The molecule has 8 heteroatoms. The summed E-state index contributed by atoms with van der Waals surface area (Å²) in [6, 6.07) is 8.17. The second-order valence-corrected chi connectivity index (χ2v) is 8.13. The summed E-state index contributed by atoms with van der Waals surface area (Å²) in [5, 5.41) is 3.39. The molecular weight excluding hydrogens is 408 g/mol. The molecule has 0 aliphatic carbocycles. The number of nitrogens with one attached hydrogen (secondary N) is 1. The summed E-state index contributed by atoms with van der Waals surface area (Å²) in [6.07, 6.45) is 1.60. The summed E-state index contributed by atoms with van der Waals surface area (Å²) in [7, 11) is 0. The quantitative estimate of drug-likeness (QED) is 0.354. The van der Waals surface area contributed by atoms with E-state index in [2.05, 4.69) is 34.2 Å². The van der Waals surface area contributed by atoms with Crippen molar-refractivity contribution < 1.29 is 19.0 Å². The van der Waals surface area contributed by atoms with Gasteiger partial charge in [0.25, 0.3) is 0 Å². The minimum atomic E-state index is -0.0699. The predicted molar refractivity (Wildman–Crippen MR) is 125 cm³/mol. The minimum Gasteiger partial charge on any atom is -0.492 e. The van der Waals surface area contributed by atoms with Gasteiger partial charge < -0.3 is 24.4 Å². The van der Waals surface area contributed by atoms with Crippen molar-refractivity contribution in [1.29, 1.82) is 0 Å². The van der Waals surface area contributed by atoms with Crippen LogP contribution in [0.25, 0.3) is 0 Å². The van der Waals surface area contributed by atoms with Crippen LogP contribution in [0.4, 0.5) is 0 Å². The summed E-state index contributed by atoms with van der Waals surface area (Å²) in [6.45, 7) is 12.5. The molecule has 8 nitrogen and oxygen atoms in total. The largest absolute Gasteiger partial charge is 0.492 e. The summed E-state index contributed by atoms with van der Waals surface area (Å²) in [5.74, 6) is 1.71. The van der Waals surface area contributed by atoms with Crippen LogP contribution in [0, 0.1) is 5.92 Å². The lowest BCUT2D eigenvalue weighted by molar-refractivity contribution is -0.149. The van der Waals surface area contributed by atoms with Crippen LogP contribution in [0.2, 0.25) is 0 Å². The number of piperidine rings is 1. The standard InChI is InChI=1S/C24H38N4O4/c1-3-25-24(28-10-8-21(9-11-28)23(29)31-4-2)26-19-20-6-5-7-22(18-20)32-17-14-27-12-15-30-16-13-27/h5-7,18,21H,3-4,8-17,19H2,1-2H3,(H,25,26). The van der Waals surface area contributed by atoms with E-state index in [0.29, 0.717) is 19.8 Å². The van der Waals surface area contributed by atoms with E-state index >= 15 is 0 Å². The molecule has 2 heterocycles. The van der Waals surface area contributed by atoms with E-state index in [1.807, 2.05) is 19.1 Å². The van der Waals surface area contributed by atoms with Crippen LogP contribution < -0.4 is 10.1 Å². The summed E-state index contributed by atoms with van der Waals surface area (Å²) in [4.78, 5) is 21.5. The van der Waals surface area contributed by atoms with E-state index < -0.39 is 0 Å². The van der Waals surface area contributed by atoms with Gasteiger partial charge in [0.2, 0.25) is 0 Å². The molecule has 3 rings (SSSR count). The van der Waals surface area contributed by atoms with Crippen LogP contribution in [0.5, 0.6) is 5.75 Å². The number of benzene rings is 1. The van der Waals surface area contributed by atoms with Crippen molar-refractivity contribution in [3.63, 3.8) is 0 Å². The number of rotatable bonds is 9. The number of hydrogen-bond acceptors (Lipinski definition) is 6. The molecule has 0 spiro atoms. The number of carbonyl (C=O) groups excluding carboxylic acids is 1. The minimum absolute atomic E-state index is 0.000342. The van der Waals surface area contributed by atoms with Crippen LogP contribution >= 0.6 is 0 Å². The molecule has 0 atom stereocenters. The molecule has 2 fully saturated rings. The first kappa shape index (κ1) is 24.3. The second kappa shape index (κ2) is 13.3. The molecule has 1 N–H and O–H groups in total. The summed E-state index contributed by atoms with van der Waals surface area (Å²) < 4.78 is 16.5. The maximum Gasteiger partial charge on any atom is 0.309 e. The Hall–Kier alpha value is -2.32. The molecule has 2 saturated heterocycles. The average Bonchev–Trinajstić information content (AvgIpc) is 2.83. The molecule has 0 bridgehead atoms. The fourth-order valence-electron chi connectivity index (χ4n) is 4.03. The molecule has 0 unspecified atom stereocenters. The highest BCUT2D eigenvalue weighted by molar-refractivity contribution is 5.80. The van der Waals surface area contributed by atoms with Crippen LogP contribution in [0.1, 0.15) is 32.3 Å². The van der Waals surface area contributed by atoms with Gasteiger partial charge >= 0.3 is 5.97 Å². The monoisotopic (exact) mass is 446 g/mol. The highest BCUT2D eigenvalue weighted by Gasteiger charge is 2.27. The number of carbonyl (C=O) groups is 1. The Kier molecular flexibility index (Phi) is 10.1. The van der Waals surface area contributed by atoms with E-state index in [-0.39, 0.29) is 11.9 Å². The molecule has 0 amide bonds. The normalized spacial score (nSPS) is 18.4. The van der Waals surface area contributed by atoms with Gasteiger partial charge in [-0.3, -0.25) is 9.69 Å². The van der Waals surface area contributed by atoms with Gasteiger partial charge in [-0.1, -0.05) is 12.1 Å². The van der Waals surface area contributed by atoms with Crippen molar-refractivity contribution in [2.45, 2.75) is 33.2 Å². The van der Waals surface area contributed by atoms with Crippen LogP contribution in [-0.2, 0) is 20.8 Å². The molecule has 2 aliphatic heterocycles. The Bertz CT molecular complexity index is 728. The first-order valence-corrected chi connectivity index (χ1v) is 11.9. The zero-order valence-electron chi connectivity index (χ0n) is 19.6. The Labute approximate surface area is 191 Å². The average molecular weight is 447 g/mol. The van der Waals surface area contributed by atoms with Gasteiger partial charge in [0, 0.05) is 39.3 Å². The van der Waals surface area contributed by atoms with Gasteiger partial charge in [-0.2, -0.15) is 0 Å². The predicted octanol–water partition coefficient (Wildman–Crippen LogP) is 2.14. The summed E-state index contributed by atoms with van der Waals surface area (Å²) in [5.41, 5.74) is 1.12. The summed E-state index contributed by atoms with van der Waals surface area (Å²) >= 11 is 0. The number of ether oxygens (including phenoxy) is 3. The van der Waals surface area contributed by atoms with Crippen LogP contribution in [0.3, 0.4) is 0 Å². The number of hydrogen-bond donors (Lipinski definition) is 1. The first-order chi connectivity index (χ1) is 15.7.